The number of nitrogens with zero attached hydrogens (tertiary/aromatic N) is 5. The molecule has 2 heterocycles. The largest absolute Gasteiger partial charge is 0.349 e. The van der Waals surface area contributed by atoms with E-state index >= 15 is 0 Å². The number of amides is 1. The first-order valence-corrected chi connectivity index (χ1v) is 8.34. The summed E-state index contributed by atoms with van der Waals surface area (Å²) in [4.78, 5) is 24.3. The molecule has 24 heavy (non-hydrogen) atoms. The minimum absolute atomic E-state index is 0.0880. The van der Waals surface area contributed by atoms with Crippen LogP contribution in [0.5, 0.6) is 0 Å². The molecule has 0 unspecified atom stereocenters. The summed E-state index contributed by atoms with van der Waals surface area (Å²) >= 11 is 0. The van der Waals surface area contributed by atoms with Gasteiger partial charge in [-0.05, 0) is 18.8 Å². The zero-order valence-electron chi connectivity index (χ0n) is 14.4. The molecule has 1 aliphatic carbocycles. The van der Waals surface area contributed by atoms with Crippen molar-refractivity contribution in [2.24, 2.45) is 27.1 Å². The van der Waals surface area contributed by atoms with Gasteiger partial charge in [-0.25, -0.2) is 9.48 Å². The Labute approximate surface area is 140 Å². The fourth-order valence-electron chi connectivity index (χ4n) is 3.45. The lowest BCUT2D eigenvalue weighted by atomic mass is 9.82. The van der Waals surface area contributed by atoms with Crippen molar-refractivity contribution in [2.45, 2.75) is 38.1 Å². The highest BCUT2D eigenvalue weighted by atomic mass is 16.2. The highest BCUT2D eigenvalue weighted by Gasteiger charge is 2.28. The molecule has 3 rings (SSSR count). The van der Waals surface area contributed by atoms with Crippen molar-refractivity contribution in [1.82, 2.24) is 29.4 Å². The van der Waals surface area contributed by atoms with Gasteiger partial charge in [-0.3, -0.25) is 14.0 Å². The zero-order valence-corrected chi connectivity index (χ0v) is 14.4. The van der Waals surface area contributed by atoms with Crippen LogP contribution in [0.2, 0.25) is 0 Å². The first kappa shape index (κ1) is 16.5. The molecule has 0 aromatic carbocycles. The quantitative estimate of drug-likeness (QED) is 0.877. The van der Waals surface area contributed by atoms with Crippen LogP contribution in [0.1, 0.15) is 41.9 Å². The topological polar surface area (TPSA) is 86.7 Å². The van der Waals surface area contributed by atoms with E-state index in [1.807, 2.05) is 0 Å². The number of aryl methyl sites for hydroxylation is 2. The van der Waals surface area contributed by atoms with Crippen molar-refractivity contribution in [3.63, 3.8) is 0 Å². The van der Waals surface area contributed by atoms with Crippen LogP contribution in [0.4, 0.5) is 0 Å². The zero-order chi connectivity index (χ0) is 17.3. The predicted molar refractivity (Wildman–Crippen MR) is 88.6 cm³/mol. The summed E-state index contributed by atoms with van der Waals surface area (Å²) in [6, 6.07) is 0.101. The fraction of sp³-hybridized carbons (Fsp3) is 0.625. The first-order valence-electron chi connectivity index (χ1n) is 8.34. The van der Waals surface area contributed by atoms with Crippen molar-refractivity contribution in [3.8, 4) is 0 Å². The summed E-state index contributed by atoms with van der Waals surface area (Å²) in [5, 5.41) is 11.5. The molecule has 1 fully saturated rings. The van der Waals surface area contributed by atoms with Crippen LogP contribution in [0.25, 0.3) is 0 Å². The third-order valence-electron chi connectivity index (χ3n) is 4.85. The van der Waals surface area contributed by atoms with Crippen LogP contribution < -0.4 is 11.0 Å². The Hall–Kier alpha value is -2.38. The van der Waals surface area contributed by atoms with Crippen LogP contribution in [0, 0.1) is 5.92 Å². The van der Waals surface area contributed by atoms with E-state index in [0.29, 0.717) is 17.9 Å². The monoisotopic (exact) mass is 332 g/mol. The van der Waals surface area contributed by atoms with E-state index in [9.17, 15) is 9.59 Å². The number of hydrogen-bond donors (Lipinski definition) is 1. The molecule has 8 heteroatoms. The van der Waals surface area contributed by atoms with Crippen molar-refractivity contribution >= 4 is 5.91 Å². The molecular formula is C16H24N6O2. The Morgan fingerprint density at radius 3 is 2.67 bits per heavy atom. The molecule has 130 valence electrons. The highest BCUT2D eigenvalue weighted by Crippen LogP contribution is 2.27. The standard InChI is InChI=1S/C16H24N6O2/c1-20-10-12(9-17-20)15(23)18-13-7-5-4-6-11(13)8-14-19-22(3)16(24)21(14)2/h9-11,13H,4-8H2,1-3H3,(H,18,23)/t11-,13-/m1/s1. The summed E-state index contributed by atoms with van der Waals surface area (Å²) in [6.45, 7) is 0. The summed E-state index contributed by atoms with van der Waals surface area (Å²) in [7, 11) is 5.20. The van der Waals surface area contributed by atoms with Crippen LogP contribution in [-0.4, -0.2) is 36.1 Å². The van der Waals surface area contributed by atoms with Gasteiger partial charge in [0, 0.05) is 39.8 Å². The summed E-state index contributed by atoms with van der Waals surface area (Å²) in [5.41, 5.74) is 0.462. The predicted octanol–water partition coefficient (Wildman–Crippen LogP) is 0.384. The van der Waals surface area contributed by atoms with Crippen molar-refractivity contribution in [3.05, 3.63) is 34.3 Å². The second-order valence-electron chi connectivity index (χ2n) is 6.61. The maximum absolute atomic E-state index is 12.4. The summed E-state index contributed by atoms with van der Waals surface area (Å²) in [5.74, 6) is 0.977. The van der Waals surface area contributed by atoms with Gasteiger partial charge in [0.1, 0.15) is 5.82 Å². The molecule has 1 N–H and O–H groups in total. The number of carbonyl (C=O) groups excluding carboxylic acids is 1. The van der Waals surface area contributed by atoms with Gasteiger partial charge in [0.05, 0.1) is 11.8 Å². The van der Waals surface area contributed by atoms with E-state index in [1.165, 1.54) is 4.68 Å². The molecular weight excluding hydrogens is 308 g/mol. The molecule has 0 spiro atoms. The van der Waals surface area contributed by atoms with Gasteiger partial charge in [-0.2, -0.15) is 10.2 Å². The lowest BCUT2D eigenvalue weighted by molar-refractivity contribution is 0.0905. The Morgan fingerprint density at radius 1 is 1.29 bits per heavy atom. The Morgan fingerprint density at radius 2 is 2.04 bits per heavy atom. The summed E-state index contributed by atoms with van der Waals surface area (Å²) < 4.78 is 4.58. The molecule has 2 aromatic rings. The average Bonchev–Trinajstić information content (AvgIpc) is 3.09. The molecule has 0 aliphatic heterocycles. The molecule has 2 aromatic heterocycles. The molecule has 1 aliphatic rings. The van der Waals surface area contributed by atoms with E-state index in [1.54, 1.807) is 42.8 Å². The minimum Gasteiger partial charge on any atom is -0.349 e. The van der Waals surface area contributed by atoms with Crippen LogP contribution in [0.15, 0.2) is 17.2 Å². The number of hydrogen-bond acceptors (Lipinski definition) is 4. The number of aromatic nitrogens is 5. The molecule has 2 atom stereocenters. The second-order valence-corrected chi connectivity index (χ2v) is 6.61. The van der Waals surface area contributed by atoms with Crippen molar-refractivity contribution < 1.29 is 4.79 Å². The van der Waals surface area contributed by atoms with Gasteiger partial charge in [0.15, 0.2) is 0 Å². The minimum atomic E-state index is -0.114. The van der Waals surface area contributed by atoms with Gasteiger partial charge in [0.2, 0.25) is 0 Å². The third kappa shape index (κ3) is 3.27. The van der Waals surface area contributed by atoms with Crippen molar-refractivity contribution in [1.29, 1.82) is 0 Å². The van der Waals surface area contributed by atoms with Gasteiger partial charge in [0.25, 0.3) is 5.91 Å². The number of nitrogens with one attached hydrogen (secondary N) is 1. The van der Waals surface area contributed by atoms with E-state index in [0.717, 1.165) is 31.5 Å². The molecule has 0 bridgehead atoms. The van der Waals surface area contributed by atoms with Gasteiger partial charge < -0.3 is 5.32 Å². The lowest BCUT2D eigenvalue weighted by Crippen LogP contribution is -2.43. The molecule has 1 amide bonds. The summed E-state index contributed by atoms with van der Waals surface area (Å²) in [6.07, 6.45) is 8.23. The van der Waals surface area contributed by atoms with Crippen LogP contribution in [-0.2, 0) is 27.6 Å². The molecule has 0 saturated heterocycles. The number of carbonyl (C=O) groups is 1. The van der Waals surface area contributed by atoms with E-state index < -0.39 is 0 Å². The third-order valence-corrected chi connectivity index (χ3v) is 4.85. The Balaban J connectivity index is 1.72. The van der Waals surface area contributed by atoms with Crippen LogP contribution in [0.3, 0.4) is 0 Å². The van der Waals surface area contributed by atoms with Gasteiger partial charge in [-0.1, -0.05) is 12.8 Å². The molecule has 0 radical (unpaired) electrons. The van der Waals surface area contributed by atoms with Gasteiger partial charge in [-0.15, -0.1) is 0 Å². The Kier molecular flexibility index (Phi) is 4.55. The highest BCUT2D eigenvalue weighted by molar-refractivity contribution is 5.93. The van der Waals surface area contributed by atoms with E-state index in [-0.39, 0.29) is 17.6 Å². The SMILES string of the molecule is Cn1cc(C(=O)N[C@@H]2CCCC[C@@H]2Cc2nn(C)c(=O)n2C)cn1. The average molecular weight is 332 g/mol. The normalized spacial score (nSPS) is 21.0. The van der Waals surface area contributed by atoms with Gasteiger partial charge >= 0.3 is 5.69 Å². The lowest BCUT2D eigenvalue weighted by Gasteiger charge is -2.31. The first-order chi connectivity index (χ1) is 11.5. The smallest absolute Gasteiger partial charge is 0.345 e. The second kappa shape index (κ2) is 6.62. The Bertz CT molecular complexity index is 787. The molecule has 8 nitrogen and oxygen atoms in total. The maximum Gasteiger partial charge on any atom is 0.345 e. The molecule has 1 saturated carbocycles. The fourth-order valence-corrected chi connectivity index (χ4v) is 3.45. The maximum atomic E-state index is 12.4. The van der Waals surface area contributed by atoms with E-state index in [2.05, 4.69) is 15.5 Å². The van der Waals surface area contributed by atoms with Crippen LogP contribution >= 0.6 is 0 Å². The van der Waals surface area contributed by atoms with Crippen molar-refractivity contribution in [2.75, 3.05) is 0 Å². The van der Waals surface area contributed by atoms with E-state index in [4.69, 9.17) is 0 Å². The number of rotatable bonds is 4.